The Bertz CT molecular complexity index is 1140. The fourth-order valence-electron chi connectivity index (χ4n) is 2.85. The number of hydrogen-bond donors (Lipinski definition) is 1. The van der Waals surface area contributed by atoms with E-state index in [0.29, 0.717) is 41.0 Å². The summed E-state index contributed by atoms with van der Waals surface area (Å²) in [5.74, 6) is 1.90. The van der Waals surface area contributed by atoms with Crippen molar-refractivity contribution >= 4 is 11.6 Å². The molecule has 2 heterocycles. The molecule has 0 unspecified atom stereocenters. The van der Waals surface area contributed by atoms with Crippen molar-refractivity contribution < 1.29 is 14.1 Å². The molecule has 1 amide bonds. The quantitative estimate of drug-likeness (QED) is 0.479. The van der Waals surface area contributed by atoms with Gasteiger partial charge < -0.3 is 14.6 Å². The highest BCUT2D eigenvalue weighted by Gasteiger charge is 2.13. The monoisotopic (exact) mass is 400 g/mol. The molecule has 0 aliphatic carbocycles. The van der Waals surface area contributed by atoms with Crippen LogP contribution >= 0.6 is 0 Å². The van der Waals surface area contributed by atoms with Crippen LogP contribution in [0.3, 0.4) is 0 Å². The summed E-state index contributed by atoms with van der Waals surface area (Å²) >= 11 is 0. The molecule has 0 saturated carbocycles. The highest BCUT2D eigenvalue weighted by atomic mass is 16.5. The van der Waals surface area contributed by atoms with Crippen LogP contribution in [-0.2, 0) is 11.2 Å². The molecule has 0 radical (unpaired) electrons. The molecule has 0 fully saturated rings. The summed E-state index contributed by atoms with van der Waals surface area (Å²) in [6.07, 6.45) is 2.18. The third-order valence-electron chi connectivity index (χ3n) is 4.31. The first-order valence-corrected chi connectivity index (χ1v) is 9.55. The predicted octanol–water partition coefficient (Wildman–Crippen LogP) is 4.80. The normalized spacial score (nSPS) is 10.6. The average molecular weight is 400 g/mol. The number of aryl methyl sites for hydroxylation is 2. The number of carbonyl (C=O) groups is 1. The van der Waals surface area contributed by atoms with Crippen molar-refractivity contribution in [2.24, 2.45) is 0 Å². The van der Waals surface area contributed by atoms with Gasteiger partial charge in [-0.05, 0) is 48.9 Å². The molecule has 4 rings (SSSR count). The van der Waals surface area contributed by atoms with E-state index in [1.165, 1.54) is 0 Å². The smallest absolute Gasteiger partial charge is 0.227 e. The Labute approximate surface area is 173 Å². The van der Waals surface area contributed by atoms with Crippen LogP contribution in [-0.4, -0.2) is 21.0 Å². The van der Waals surface area contributed by atoms with E-state index in [-0.39, 0.29) is 12.3 Å². The fourth-order valence-corrected chi connectivity index (χ4v) is 2.85. The minimum atomic E-state index is -0.173. The summed E-state index contributed by atoms with van der Waals surface area (Å²) < 4.78 is 11.2. The summed E-state index contributed by atoms with van der Waals surface area (Å²) in [5, 5.41) is 6.80. The summed E-state index contributed by atoms with van der Waals surface area (Å²) in [6, 6.07) is 20.5. The van der Waals surface area contributed by atoms with E-state index in [2.05, 4.69) is 20.4 Å². The number of carbonyl (C=O) groups excluding carboxylic acids is 1. The van der Waals surface area contributed by atoms with E-state index in [9.17, 15) is 4.79 Å². The number of anilines is 1. The van der Waals surface area contributed by atoms with Crippen LogP contribution < -0.4 is 10.1 Å². The Morgan fingerprint density at radius 3 is 2.77 bits per heavy atom. The summed E-state index contributed by atoms with van der Waals surface area (Å²) in [5.41, 5.74) is 2.32. The zero-order chi connectivity index (χ0) is 20.8. The van der Waals surface area contributed by atoms with Crippen LogP contribution in [0.1, 0.15) is 17.9 Å². The first-order chi connectivity index (χ1) is 14.7. The van der Waals surface area contributed by atoms with Gasteiger partial charge in [-0.25, -0.2) is 0 Å². The largest absolute Gasteiger partial charge is 0.455 e. The standard InChI is InChI=1S/C23H20N4O3/c1-16-7-6-8-17(15-16)29-20-11-3-2-9-18(20)25-21(28)12-13-22-26-23(27-30-22)19-10-4-5-14-24-19/h2-11,14-15H,12-13H2,1H3,(H,25,28). The molecule has 0 saturated heterocycles. The van der Waals surface area contributed by atoms with E-state index in [0.717, 1.165) is 5.56 Å². The van der Waals surface area contributed by atoms with Crippen molar-refractivity contribution in [3.05, 3.63) is 84.4 Å². The lowest BCUT2D eigenvalue weighted by atomic mass is 10.2. The molecular weight excluding hydrogens is 380 g/mol. The van der Waals surface area contributed by atoms with Gasteiger partial charge in [0, 0.05) is 19.0 Å². The van der Waals surface area contributed by atoms with Gasteiger partial charge in [-0.1, -0.05) is 35.5 Å². The van der Waals surface area contributed by atoms with Gasteiger partial charge in [0.25, 0.3) is 0 Å². The maximum atomic E-state index is 12.5. The predicted molar refractivity (Wildman–Crippen MR) is 112 cm³/mol. The minimum Gasteiger partial charge on any atom is -0.455 e. The van der Waals surface area contributed by atoms with E-state index in [1.54, 1.807) is 18.3 Å². The maximum Gasteiger partial charge on any atom is 0.227 e. The highest BCUT2D eigenvalue weighted by molar-refractivity contribution is 5.92. The number of pyridine rings is 1. The lowest BCUT2D eigenvalue weighted by Gasteiger charge is -2.12. The van der Waals surface area contributed by atoms with Gasteiger partial charge in [-0.3, -0.25) is 9.78 Å². The third-order valence-corrected chi connectivity index (χ3v) is 4.31. The van der Waals surface area contributed by atoms with E-state index in [4.69, 9.17) is 9.26 Å². The number of rotatable bonds is 7. The first-order valence-electron chi connectivity index (χ1n) is 9.55. The molecule has 150 valence electrons. The Hall–Kier alpha value is -4.00. The van der Waals surface area contributed by atoms with Gasteiger partial charge in [-0.2, -0.15) is 4.98 Å². The molecule has 0 aliphatic rings. The number of ether oxygens (including phenoxy) is 1. The summed E-state index contributed by atoms with van der Waals surface area (Å²) in [4.78, 5) is 20.9. The molecule has 30 heavy (non-hydrogen) atoms. The van der Waals surface area contributed by atoms with Gasteiger partial charge in [0.2, 0.25) is 17.6 Å². The van der Waals surface area contributed by atoms with Crippen molar-refractivity contribution in [2.45, 2.75) is 19.8 Å². The molecule has 0 bridgehead atoms. The maximum absolute atomic E-state index is 12.5. The van der Waals surface area contributed by atoms with Crippen molar-refractivity contribution in [3.8, 4) is 23.0 Å². The Morgan fingerprint density at radius 2 is 1.93 bits per heavy atom. The van der Waals surface area contributed by atoms with Crippen LogP contribution in [0.5, 0.6) is 11.5 Å². The van der Waals surface area contributed by atoms with E-state index >= 15 is 0 Å². The van der Waals surface area contributed by atoms with Gasteiger partial charge in [-0.15, -0.1) is 0 Å². The van der Waals surface area contributed by atoms with E-state index < -0.39 is 0 Å². The molecule has 0 atom stereocenters. The molecule has 4 aromatic rings. The van der Waals surface area contributed by atoms with Crippen molar-refractivity contribution in [1.29, 1.82) is 0 Å². The first kappa shape index (κ1) is 19.3. The number of aromatic nitrogens is 3. The van der Waals surface area contributed by atoms with Crippen molar-refractivity contribution in [1.82, 2.24) is 15.1 Å². The van der Waals surface area contributed by atoms with Gasteiger partial charge in [0.1, 0.15) is 11.4 Å². The highest BCUT2D eigenvalue weighted by Crippen LogP contribution is 2.29. The summed E-state index contributed by atoms with van der Waals surface area (Å²) in [7, 11) is 0. The topological polar surface area (TPSA) is 90.1 Å². The van der Waals surface area contributed by atoms with Crippen LogP contribution in [0, 0.1) is 6.92 Å². The van der Waals surface area contributed by atoms with Crippen LogP contribution in [0.4, 0.5) is 5.69 Å². The number of hydrogen-bond acceptors (Lipinski definition) is 6. The third kappa shape index (κ3) is 4.88. The second-order valence-electron chi connectivity index (χ2n) is 6.69. The molecule has 0 spiro atoms. The molecule has 2 aromatic heterocycles. The van der Waals surface area contributed by atoms with Crippen molar-refractivity contribution in [2.75, 3.05) is 5.32 Å². The molecule has 7 heteroatoms. The number of amides is 1. The SMILES string of the molecule is Cc1cccc(Oc2ccccc2NC(=O)CCc2nc(-c3ccccn3)no2)c1. The van der Waals surface area contributed by atoms with Crippen molar-refractivity contribution in [3.63, 3.8) is 0 Å². The number of benzene rings is 2. The van der Waals surface area contributed by atoms with Gasteiger partial charge in [0.05, 0.1) is 5.69 Å². The number of nitrogens with one attached hydrogen (secondary N) is 1. The van der Waals surface area contributed by atoms with Gasteiger partial charge >= 0.3 is 0 Å². The average Bonchev–Trinajstić information content (AvgIpc) is 3.24. The zero-order valence-corrected chi connectivity index (χ0v) is 16.4. The molecule has 2 aromatic carbocycles. The lowest BCUT2D eigenvalue weighted by Crippen LogP contribution is -2.13. The van der Waals surface area contributed by atoms with Crippen LogP contribution in [0.15, 0.2) is 77.4 Å². The fraction of sp³-hybridized carbons (Fsp3) is 0.130. The zero-order valence-electron chi connectivity index (χ0n) is 16.4. The Kier molecular flexibility index (Phi) is 5.80. The van der Waals surface area contributed by atoms with Crippen LogP contribution in [0.25, 0.3) is 11.5 Å². The number of para-hydroxylation sites is 2. The van der Waals surface area contributed by atoms with Crippen LogP contribution in [0.2, 0.25) is 0 Å². The molecular formula is C23H20N4O3. The molecule has 1 N–H and O–H groups in total. The molecule has 7 nitrogen and oxygen atoms in total. The Morgan fingerprint density at radius 1 is 1.07 bits per heavy atom. The number of nitrogens with zero attached hydrogens (tertiary/aromatic N) is 3. The second-order valence-corrected chi connectivity index (χ2v) is 6.69. The molecule has 0 aliphatic heterocycles. The van der Waals surface area contributed by atoms with E-state index in [1.807, 2.05) is 61.5 Å². The van der Waals surface area contributed by atoms with Gasteiger partial charge in [0.15, 0.2) is 5.75 Å². The Balaban J connectivity index is 1.37. The lowest BCUT2D eigenvalue weighted by molar-refractivity contribution is -0.116. The second kappa shape index (κ2) is 9.00. The summed E-state index contributed by atoms with van der Waals surface area (Å²) in [6.45, 7) is 2.00. The minimum absolute atomic E-state index is 0.173.